The highest BCUT2D eigenvalue weighted by Crippen LogP contribution is 2.37. The van der Waals surface area contributed by atoms with Crippen LogP contribution in [0.3, 0.4) is 0 Å². The van der Waals surface area contributed by atoms with E-state index in [0.29, 0.717) is 26.2 Å². The Morgan fingerprint density at radius 2 is 1.44 bits per heavy atom. The molecule has 3 rings (SSSR count). The van der Waals surface area contributed by atoms with E-state index >= 15 is 0 Å². The minimum absolute atomic E-state index is 0.0872. The van der Waals surface area contributed by atoms with E-state index in [2.05, 4.69) is 33.9 Å². The first-order chi connectivity index (χ1) is 15.2. The van der Waals surface area contributed by atoms with E-state index in [-0.39, 0.29) is 17.2 Å². The molecule has 0 aliphatic carbocycles. The Morgan fingerprint density at radius 1 is 0.906 bits per heavy atom. The second-order valence-electron chi connectivity index (χ2n) is 10.0. The van der Waals surface area contributed by atoms with Gasteiger partial charge < -0.3 is 23.7 Å². The Kier molecular flexibility index (Phi) is 8.66. The molecule has 6 heteroatoms. The summed E-state index contributed by atoms with van der Waals surface area (Å²) >= 11 is 0. The summed E-state index contributed by atoms with van der Waals surface area (Å²) in [5.74, 6) is 0. The maximum Gasteiger partial charge on any atom is 0.192 e. The number of hydrogen-bond acceptors (Lipinski definition) is 5. The van der Waals surface area contributed by atoms with Crippen LogP contribution in [0.4, 0.5) is 0 Å². The van der Waals surface area contributed by atoms with Gasteiger partial charge in [0, 0.05) is 6.42 Å². The quantitative estimate of drug-likeness (QED) is 0.518. The van der Waals surface area contributed by atoms with Crippen molar-refractivity contribution in [1.29, 1.82) is 0 Å². The molecule has 0 spiro atoms. The monoisotopic (exact) mass is 458 g/mol. The van der Waals surface area contributed by atoms with Crippen molar-refractivity contribution < 1.29 is 23.7 Å². The van der Waals surface area contributed by atoms with E-state index in [1.54, 1.807) is 0 Å². The lowest BCUT2D eigenvalue weighted by Gasteiger charge is -2.42. The Balaban J connectivity index is 1.73. The van der Waals surface area contributed by atoms with E-state index in [1.165, 1.54) is 0 Å². The first kappa shape index (κ1) is 25.1. The van der Waals surface area contributed by atoms with Crippen LogP contribution in [0, 0.1) is 0 Å². The van der Waals surface area contributed by atoms with Gasteiger partial charge in [0.25, 0.3) is 0 Å². The van der Waals surface area contributed by atoms with E-state index in [9.17, 15) is 5.11 Å². The third kappa shape index (κ3) is 6.98. The second-order valence-corrected chi connectivity index (χ2v) is 14.8. The van der Waals surface area contributed by atoms with Gasteiger partial charge in [-0.05, 0) is 29.3 Å². The first-order valence-electron chi connectivity index (χ1n) is 11.4. The molecule has 1 heterocycles. The van der Waals surface area contributed by atoms with Crippen molar-refractivity contribution in [2.75, 3.05) is 6.61 Å². The number of aliphatic hydroxyl groups is 1. The molecule has 0 amide bonds. The highest BCUT2D eigenvalue weighted by molar-refractivity contribution is 6.74. The number of aliphatic hydroxyl groups excluding tert-OH is 1. The maximum absolute atomic E-state index is 10.4. The molecule has 32 heavy (non-hydrogen) atoms. The van der Waals surface area contributed by atoms with Crippen molar-refractivity contribution in [3.8, 4) is 0 Å². The molecule has 5 nitrogen and oxygen atoms in total. The summed E-state index contributed by atoms with van der Waals surface area (Å²) in [5, 5.41) is 10.5. The van der Waals surface area contributed by atoms with Crippen LogP contribution in [0.25, 0.3) is 0 Å². The van der Waals surface area contributed by atoms with Crippen molar-refractivity contribution in [1.82, 2.24) is 0 Å². The standard InChI is InChI=1S/C26H38O5Si/c1-26(2,3)32(4,5)30-19-23-25(29-18-21-14-10-7-11-15-21)22(16-24(27)31-23)28-17-20-12-8-6-9-13-20/h6-15,22-25,27H,16-19H2,1-5H3/t22-,23-,24+,25-/m1/s1. The summed E-state index contributed by atoms with van der Waals surface area (Å²) in [6, 6.07) is 20.1. The predicted octanol–water partition coefficient (Wildman–Crippen LogP) is 5.29. The highest BCUT2D eigenvalue weighted by atomic mass is 28.4. The maximum atomic E-state index is 10.4. The van der Waals surface area contributed by atoms with Gasteiger partial charge in [0.1, 0.15) is 12.2 Å². The van der Waals surface area contributed by atoms with Crippen LogP contribution >= 0.6 is 0 Å². The molecule has 0 radical (unpaired) electrons. The summed E-state index contributed by atoms with van der Waals surface area (Å²) in [6.45, 7) is 12.4. The van der Waals surface area contributed by atoms with Crippen molar-refractivity contribution >= 4 is 8.32 Å². The van der Waals surface area contributed by atoms with Crippen LogP contribution in [0.2, 0.25) is 18.1 Å². The van der Waals surface area contributed by atoms with Gasteiger partial charge in [0.2, 0.25) is 0 Å². The van der Waals surface area contributed by atoms with Gasteiger partial charge in [-0.2, -0.15) is 0 Å². The normalized spacial score (nSPS) is 24.4. The van der Waals surface area contributed by atoms with Gasteiger partial charge in [-0.15, -0.1) is 0 Å². The number of benzene rings is 2. The lowest BCUT2D eigenvalue weighted by atomic mass is 10.0. The molecule has 176 valence electrons. The van der Waals surface area contributed by atoms with E-state index in [4.69, 9.17) is 18.6 Å². The van der Waals surface area contributed by atoms with Gasteiger partial charge in [-0.25, -0.2) is 0 Å². The van der Waals surface area contributed by atoms with Crippen molar-refractivity contribution in [3.05, 3.63) is 71.8 Å². The van der Waals surface area contributed by atoms with Crippen molar-refractivity contribution in [3.63, 3.8) is 0 Å². The molecular weight excluding hydrogens is 420 g/mol. The molecule has 2 aromatic rings. The Hall–Kier alpha value is -1.54. The smallest absolute Gasteiger partial charge is 0.192 e. The van der Waals surface area contributed by atoms with Gasteiger partial charge in [-0.1, -0.05) is 81.4 Å². The fourth-order valence-electron chi connectivity index (χ4n) is 3.47. The Morgan fingerprint density at radius 3 is 1.97 bits per heavy atom. The number of ether oxygens (including phenoxy) is 3. The van der Waals surface area contributed by atoms with Crippen LogP contribution < -0.4 is 0 Å². The molecule has 0 saturated carbocycles. The summed E-state index contributed by atoms with van der Waals surface area (Å²) in [4.78, 5) is 0. The lowest BCUT2D eigenvalue weighted by molar-refractivity contribution is -0.261. The predicted molar refractivity (Wildman–Crippen MR) is 129 cm³/mol. The zero-order chi connectivity index (χ0) is 23.2. The Labute approximate surface area is 193 Å². The topological polar surface area (TPSA) is 57.2 Å². The minimum Gasteiger partial charge on any atom is -0.414 e. The summed E-state index contributed by atoms with van der Waals surface area (Å²) in [5.41, 5.74) is 2.17. The van der Waals surface area contributed by atoms with Gasteiger partial charge in [-0.3, -0.25) is 0 Å². The zero-order valence-electron chi connectivity index (χ0n) is 20.0. The largest absolute Gasteiger partial charge is 0.414 e. The van der Waals surface area contributed by atoms with Gasteiger partial charge in [0.05, 0.1) is 25.9 Å². The van der Waals surface area contributed by atoms with Crippen LogP contribution in [-0.4, -0.2) is 44.6 Å². The second kappa shape index (κ2) is 11.1. The van der Waals surface area contributed by atoms with E-state index < -0.39 is 20.7 Å². The molecule has 4 atom stereocenters. The van der Waals surface area contributed by atoms with Gasteiger partial charge in [0.15, 0.2) is 14.6 Å². The van der Waals surface area contributed by atoms with Crippen molar-refractivity contribution in [2.45, 2.75) is 83.1 Å². The fraction of sp³-hybridized carbons (Fsp3) is 0.538. The van der Waals surface area contributed by atoms with Crippen molar-refractivity contribution in [2.24, 2.45) is 0 Å². The molecule has 0 unspecified atom stereocenters. The third-order valence-corrected chi connectivity index (χ3v) is 11.0. The minimum atomic E-state index is -1.98. The summed E-state index contributed by atoms with van der Waals surface area (Å²) in [6.07, 6.45) is -1.58. The number of rotatable bonds is 9. The third-order valence-electron chi connectivity index (χ3n) is 6.51. The first-order valence-corrected chi connectivity index (χ1v) is 14.3. The highest BCUT2D eigenvalue weighted by Gasteiger charge is 2.43. The van der Waals surface area contributed by atoms with Crippen LogP contribution in [0.5, 0.6) is 0 Å². The molecule has 0 aromatic heterocycles. The average Bonchev–Trinajstić information content (AvgIpc) is 2.76. The summed E-state index contributed by atoms with van der Waals surface area (Å²) in [7, 11) is -1.98. The molecule has 1 N–H and O–H groups in total. The lowest BCUT2D eigenvalue weighted by Crippen LogP contribution is -2.54. The van der Waals surface area contributed by atoms with Gasteiger partial charge >= 0.3 is 0 Å². The molecule has 1 fully saturated rings. The molecule has 2 aromatic carbocycles. The molecule has 1 aliphatic heterocycles. The SMILES string of the molecule is CC(C)(C)[Si](C)(C)OC[C@H]1O[C@H](O)C[C@@H](OCc2ccccc2)[C@H]1OCc1ccccc1. The van der Waals surface area contributed by atoms with E-state index in [1.807, 2.05) is 60.7 Å². The Bertz CT molecular complexity index is 806. The van der Waals surface area contributed by atoms with Crippen LogP contribution in [0.15, 0.2) is 60.7 Å². The number of hydrogen-bond donors (Lipinski definition) is 1. The molecule has 0 bridgehead atoms. The zero-order valence-corrected chi connectivity index (χ0v) is 21.0. The average molecular weight is 459 g/mol. The van der Waals surface area contributed by atoms with E-state index in [0.717, 1.165) is 11.1 Å². The summed E-state index contributed by atoms with van der Waals surface area (Å²) < 4.78 is 25.0. The van der Waals surface area contributed by atoms with Crippen LogP contribution in [0.1, 0.15) is 38.3 Å². The molecular formula is C26H38O5Si. The molecule has 1 saturated heterocycles. The molecule has 1 aliphatic rings. The fourth-order valence-corrected chi connectivity index (χ4v) is 4.48. The van der Waals surface area contributed by atoms with Crippen LogP contribution in [-0.2, 0) is 31.9 Å².